The van der Waals surface area contributed by atoms with Crippen molar-refractivity contribution in [1.82, 2.24) is 20.1 Å². The zero-order chi connectivity index (χ0) is 17.4. The van der Waals surface area contributed by atoms with Gasteiger partial charge in [-0.25, -0.2) is 4.68 Å². The van der Waals surface area contributed by atoms with E-state index in [0.717, 1.165) is 31.8 Å². The topological polar surface area (TPSA) is 90.3 Å². The van der Waals surface area contributed by atoms with Crippen LogP contribution in [0.25, 0.3) is 0 Å². The molecule has 0 atom stereocenters. The second-order valence-corrected chi connectivity index (χ2v) is 6.49. The van der Waals surface area contributed by atoms with E-state index in [4.69, 9.17) is 21.1 Å². The number of ether oxygens (including phenoxy) is 2. The summed E-state index contributed by atoms with van der Waals surface area (Å²) in [4.78, 5) is 17.0. The molecule has 0 saturated carbocycles. The first kappa shape index (κ1) is 18.8. The Hall–Kier alpha value is -2.03. The van der Waals surface area contributed by atoms with Gasteiger partial charge in [0.05, 0.1) is 5.02 Å². The zero-order valence-electron chi connectivity index (χ0n) is 14.1. The van der Waals surface area contributed by atoms with E-state index in [9.17, 15) is 4.79 Å². The summed E-state index contributed by atoms with van der Waals surface area (Å²) in [6.07, 6.45) is 1.99. The van der Waals surface area contributed by atoms with E-state index in [1.54, 1.807) is 23.9 Å². The van der Waals surface area contributed by atoms with Crippen molar-refractivity contribution in [2.75, 3.05) is 25.2 Å². The molecule has 26 heavy (non-hydrogen) atoms. The maximum Gasteiger partial charge on any atom is 0.258 e. The summed E-state index contributed by atoms with van der Waals surface area (Å²) in [6.45, 7) is 2.02. The highest BCUT2D eigenvalue weighted by Crippen LogP contribution is 2.39. The van der Waals surface area contributed by atoms with Crippen LogP contribution in [0.2, 0.25) is 5.02 Å². The second kappa shape index (κ2) is 7.69. The van der Waals surface area contributed by atoms with Gasteiger partial charge in [0.2, 0.25) is 12.7 Å². The summed E-state index contributed by atoms with van der Waals surface area (Å²) in [5.41, 5.74) is 0.376. The number of piperidine rings is 1. The van der Waals surface area contributed by atoms with Crippen molar-refractivity contribution in [3.8, 4) is 11.5 Å². The van der Waals surface area contributed by atoms with Crippen LogP contribution in [0.4, 0.5) is 5.95 Å². The molecule has 0 bridgehead atoms. The standard InChI is InChI=1S/C16H18ClN5O3.ClH/c1-22-16(19-14(21-22)9-2-4-18-5-3-9)20-15(23)10-6-11(17)13-12(7-10)24-8-25-13;/h6-7,9,18H,2-5,8H2,1H3,(H,19,20,21,23);1H. The Morgan fingerprint density at radius 1 is 1.35 bits per heavy atom. The van der Waals surface area contributed by atoms with Crippen molar-refractivity contribution in [3.63, 3.8) is 0 Å². The number of anilines is 1. The minimum absolute atomic E-state index is 0. The molecule has 1 amide bonds. The molecule has 2 aliphatic heterocycles. The molecule has 2 aromatic rings. The van der Waals surface area contributed by atoms with Crippen LogP contribution in [0.1, 0.15) is 34.9 Å². The average molecular weight is 400 g/mol. The van der Waals surface area contributed by atoms with Crippen LogP contribution >= 0.6 is 24.0 Å². The lowest BCUT2D eigenvalue weighted by molar-refractivity contribution is 0.102. The third-order valence-electron chi connectivity index (χ3n) is 4.40. The number of carbonyl (C=O) groups excluding carboxylic acids is 1. The van der Waals surface area contributed by atoms with Gasteiger partial charge in [0.15, 0.2) is 17.3 Å². The lowest BCUT2D eigenvalue weighted by Crippen LogP contribution is -2.27. The molecule has 1 aromatic heterocycles. The van der Waals surface area contributed by atoms with Crippen LogP contribution in [0.5, 0.6) is 11.5 Å². The first-order valence-corrected chi connectivity index (χ1v) is 8.52. The number of aryl methyl sites for hydroxylation is 1. The van der Waals surface area contributed by atoms with Crippen molar-refractivity contribution >= 4 is 35.9 Å². The van der Waals surface area contributed by atoms with Crippen molar-refractivity contribution < 1.29 is 14.3 Å². The fourth-order valence-corrected chi connectivity index (χ4v) is 3.30. The van der Waals surface area contributed by atoms with E-state index in [-0.39, 0.29) is 25.1 Å². The molecule has 2 N–H and O–H groups in total. The first-order valence-electron chi connectivity index (χ1n) is 8.14. The van der Waals surface area contributed by atoms with Crippen molar-refractivity contribution in [2.24, 2.45) is 7.05 Å². The minimum atomic E-state index is -0.326. The summed E-state index contributed by atoms with van der Waals surface area (Å²) in [6, 6.07) is 3.15. The molecule has 8 nitrogen and oxygen atoms in total. The number of nitrogens with zero attached hydrogens (tertiary/aromatic N) is 3. The molecule has 1 saturated heterocycles. The fourth-order valence-electron chi connectivity index (χ4n) is 3.04. The van der Waals surface area contributed by atoms with Crippen LogP contribution in [0.3, 0.4) is 0 Å². The summed E-state index contributed by atoms with van der Waals surface area (Å²) in [5, 5.41) is 10.9. The van der Waals surface area contributed by atoms with Gasteiger partial charge < -0.3 is 14.8 Å². The van der Waals surface area contributed by atoms with Gasteiger partial charge in [-0.2, -0.15) is 10.1 Å². The number of nitrogens with one attached hydrogen (secondary N) is 2. The lowest BCUT2D eigenvalue weighted by Gasteiger charge is -2.19. The number of hydrogen-bond donors (Lipinski definition) is 2. The van der Waals surface area contributed by atoms with Gasteiger partial charge in [0, 0.05) is 18.5 Å². The number of amides is 1. The van der Waals surface area contributed by atoms with Gasteiger partial charge in [-0.1, -0.05) is 11.6 Å². The quantitative estimate of drug-likeness (QED) is 0.822. The maximum absolute atomic E-state index is 12.5. The first-order chi connectivity index (χ1) is 12.1. The van der Waals surface area contributed by atoms with E-state index < -0.39 is 0 Å². The molecule has 2 aliphatic rings. The van der Waals surface area contributed by atoms with Crippen LogP contribution in [-0.4, -0.2) is 40.6 Å². The predicted molar refractivity (Wildman–Crippen MR) is 98.6 cm³/mol. The number of aromatic nitrogens is 3. The molecule has 0 radical (unpaired) electrons. The number of halogens is 2. The lowest BCUT2D eigenvalue weighted by atomic mass is 9.98. The Balaban J connectivity index is 0.00000196. The molecule has 10 heteroatoms. The van der Waals surface area contributed by atoms with E-state index in [0.29, 0.717) is 34.0 Å². The highest BCUT2D eigenvalue weighted by Gasteiger charge is 2.23. The van der Waals surface area contributed by atoms with Gasteiger partial charge in [-0.15, -0.1) is 12.4 Å². The van der Waals surface area contributed by atoms with E-state index in [1.807, 2.05) is 0 Å². The van der Waals surface area contributed by atoms with E-state index >= 15 is 0 Å². The zero-order valence-corrected chi connectivity index (χ0v) is 15.7. The third-order valence-corrected chi connectivity index (χ3v) is 4.68. The average Bonchev–Trinajstić information content (AvgIpc) is 3.23. The Labute approximate surface area is 161 Å². The maximum atomic E-state index is 12.5. The molecule has 4 rings (SSSR count). The number of hydrogen-bond acceptors (Lipinski definition) is 6. The van der Waals surface area contributed by atoms with Crippen molar-refractivity contribution in [3.05, 3.63) is 28.5 Å². The number of rotatable bonds is 3. The molecule has 140 valence electrons. The Kier molecular flexibility index (Phi) is 5.55. The molecule has 0 spiro atoms. The van der Waals surface area contributed by atoms with Crippen LogP contribution in [0, 0.1) is 0 Å². The number of carbonyl (C=O) groups is 1. The highest BCUT2D eigenvalue weighted by atomic mass is 35.5. The van der Waals surface area contributed by atoms with Crippen LogP contribution < -0.4 is 20.1 Å². The van der Waals surface area contributed by atoms with Crippen LogP contribution in [0.15, 0.2) is 12.1 Å². The summed E-state index contributed by atoms with van der Waals surface area (Å²) < 4.78 is 12.1. The summed E-state index contributed by atoms with van der Waals surface area (Å²) in [5.74, 6) is 2.09. The van der Waals surface area contributed by atoms with Crippen LogP contribution in [-0.2, 0) is 7.05 Å². The molecule has 0 aliphatic carbocycles. The number of benzene rings is 1. The molecule has 3 heterocycles. The van der Waals surface area contributed by atoms with Gasteiger partial charge in [0.1, 0.15) is 0 Å². The summed E-state index contributed by atoms with van der Waals surface area (Å²) >= 11 is 6.13. The fraction of sp³-hybridized carbons (Fsp3) is 0.438. The predicted octanol–water partition coefficient (Wildman–Crippen LogP) is 2.34. The Morgan fingerprint density at radius 2 is 2.12 bits per heavy atom. The van der Waals surface area contributed by atoms with E-state index in [2.05, 4.69) is 20.7 Å². The Bertz CT molecular complexity index is 820. The van der Waals surface area contributed by atoms with E-state index in [1.165, 1.54) is 0 Å². The van der Waals surface area contributed by atoms with Crippen molar-refractivity contribution in [2.45, 2.75) is 18.8 Å². The monoisotopic (exact) mass is 399 g/mol. The normalized spacial score (nSPS) is 16.2. The van der Waals surface area contributed by atoms with Gasteiger partial charge in [-0.3, -0.25) is 10.1 Å². The molecule has 1 fully saturated rings. The van der Waals surface area contributed by atoms with Gasteiger partial charge in [-0.05, 0) is 38.1 Å². The number of fused-ring (bicyclic) bond motifs is 1. The highest BCUT2D eigenvalue weighted by molar-refractivity contribution is 6.32. The third kappa shape index (κ3) is 3.58. The smallest absolute Gasteiger partial charge is 0.258 e. The molecular formula is C16H19Cl2N5O3. The largest absolute Gasteiger partial charge is 0.454 e. The minimum Gasteiger partial charge on any atom is -0.454 e. The van der Waals surface area contributed by atoms with Gasteiger partial charge in [0.25, 0.3) is 5.91 Å². The molecule has 0 unspecified atom stereocenters. The SMILES string of the molecule is Cl.Cn1nc(C2CCNCC2)nc1NC(=O)c1cc(Cl)c2c(c1)OCO2. The van der Waals surface area contributed by atoms with Crippen molar-refractivity contribution in [1.29, 1.82) is 0 Å². The second-order valence-electron chi connectivity index (χ2n) is 6.09. The van der Waals surface area contributed by atoms with Gasteiger partial charge >= 0.3 is 0 Å². The Morgan fingerprint density at radius 3 is 2.88 bits per heavy atom. The molecule has 1 aromatic carbocycles. The summed E-state index contributed by atoms with van der Waals surface area (Å²) in [7, 11) is 1.76. The molecular weight excluding hydrogens is 381 g/mol.